The van der Waals surface area contributed by atoms with Gasteiger partial charge in [-0.1, -0.05) is 96.8 Å². The van der Waals surface area contributed by atoms with Gasteiger partial charge in [-0.05, 0) is 112 Å². The van der Waals surface area contributed by atoms with Crippen LogP contribution in [-0.2, 0) is 62.1 Å². The Balaban J connectivity index is 0.000000710. The van der Waals surface area contributed by atoms with E-state index in [4.69, 9.17) is 18.9 Å². The number of imide groups is 1. The zero-order chi connectivity index (χ0) is 52.2. The average Bonchev–Trinajstić information content (AvgIpc) is 3.60. The molecule has 0 radical (unpaired) electrons. The second-order valence-electron chi connectivity index (χ2n) is 21.4. The molecule has 15 nitrogen and oxygen atoms in total. The Kier molecular flexibility index (Phi) is 34.9. The monoisotopic (exact) mass is 993 g/mol. The van der Waals surface area contributed by atoms with Gasteiger partial charge in [0.15, 0.2) is 0 Å². The van der Waals surface area contributed by atoms with Crippen LogP contribution in [0.4, 0.5) is 0 Å². The maximum atomic E-state index is 12.2. The number of amides is 3. The summed E-state index contributed by atoms with van der Waals surface area (Å²) in [6, 6.07) is 0. The molecule has 70 heavy (non-hydrogen) atoms. The SMILES string of the molecule is CC(=O)C1CCC(CCC(=O)CCCCCCCCCCCCCCCCCCC(=O)OC(C)(C)C)CC1.CC[C@@H](CCC(=O)NCCOCCOCC(=O)ON1C(=O)CCC1=O)C(=O)OC(C)(C)C. The lowest BCUT2D eigenvalue weighted by Crippen LogP contribution is -2.33. The highest BCUT2D eigenvalue weighted by Crippen LogP contribution is 2.32. The normalized spacial score (nSPS) is 16.5. The van der Waals surface area contributed by atoms with Gasteiger partial charge in [-0.3, -0.25) is 33.6 Å². The molecule has 1 N–H and O–H groups in total. The van der Waals surface area contributed by atoms with E-state index in [2.05, 4.69) is 10.2 Å². The van der Waals surface area contributed by atoms with Crippen molar-refractivity contribution < 1.29 is 62.1 Å². The van der Waals surface area contributed by atoms with Gasteiger partial charge in [0, 0.05) is 51.0 Å². The fourth-order valence-corrected chi connectivity index (χ4v) is 8.50. The molecular formula is C55H96N2O13. The van der Waals surface area contributed by atoms with Crippen LogP contribution in [0.25, 0.3) is 0 Å². The van der Waals surface area contributed by atoms with Gasteiger partial charge in [0.2, 0.25) is 5.91 Å². The Hall–Kier alpha value is -3.72. The molecule has 0 spiro atoms. The number of hydrogen-bond donors (Lipinski definition) is 1. The van der Waals surface area contributed by atoms with Crippen molar-refractivity contribution in [3.05, 3.63) is 0 Å². The molecule has 3 amide bonds. The minimum atomic E-state index is -0.849. The van der Waals surface area contributed by atoms with Crippen LogP contribution in [0.15, 0.2) is 0 Å². The molecule has 15 heteroatoms. The molecule has 1 aliphatic heterocycles. The van der Waals surface area contributed by atoms with E-state index in [0.717, 1.165) is 64.2 Å². The Labute approximate surface area is 422 Å². The molecule has 1 heterocycles. The summed E-state index contributed by atoms with van der Waals surface area (Å²) in [6.07, 6.45) is 29.1. The lowest BCUT2D eigenvalue weighted by molar-refractivity contribution is -0.200. The summed E-state index contributed by atoms with van der Waals surface area (Å²) in [5, 5.41) is 3.17. The second-order valence-corrected chi connectivity index (χ2v) is 21.4. The zero-order valence-electron chi connectivity index (χ0n) is 45.0. The third kappa shape index (κ3) is 35.4. The minimum Gasteiger partial charge on any atom is -0.460 e. The number of nitrogens with zero attached hydrogens (tertiary/aromatic N) is 1. The van der Waals surface area contributed by atoms with Crippen LogP contribution in [0, 0.1) is 17.8 Å². The van der Waals surface area contributed by atoms with Gasteiger partial charge in [-0.15, -0.1) is 5.06 Å². The number of rotatable bonds is 37. The fourth-order valence-electron chi connectivity index (χ4n) is 8.50. The summed E-state index contributed by atoms with van der Waals surface area (Å²) in [6.45, 7) is 15.2. The van der Waals surface area contributed by atoms with Crippen molar-refractivity contribution in [1.82, 2.24) is 10.4 Å². The first-order valence-corrected chi connectivity index (χ1v) is 27.2. The van der Waals surface area contributed by atoms with Crippen molar-refractivity contribution in [3.8, 4) is 0 Å². The summed E-state index contributed by atoms with van der Waals surface area (Å²) in [7, 11) is 0. The Morgan fingerprint density at radius 3 is 1.57 bits per heavy atom. The largest absolute Gasteiger partial charge is 0.460 e. The molecule has 0 aromatic carbocycles. The quantitative estimate of drug-likeness (QED) is 0.0351. The second kappa shape index (κ2) is 38.0. The summed E-state index contributed by atoms with van der Waals surface area (Å²) in [4.78, 5) is 98.2. The van der Waals surface area contributed by atoms with Crippen LogP contribution >= 0.6 is 0 Å². The van der Waals surface area contributed by atoms with Crippen LogP contribution in [-0.4, -0.2) is 96.4 Å². The van der Waals surface area contributed by atoms with E-state index in [9.17, 15) is 38.4 Å². The van der Waals surface area contributed by atoms with Crippen molar-refractivity contribution in [3.63, 3.8) is 0 Å². The third-order valence-electron chi connectivity index (χ3n) is 12.6. The number of Topliss-reactive ketones (excluding diaryl/α,β-unsaturated/α-hetero) is 2. The minimum absolute atomic E-state index is 0.0281. The lowest BCUT2D eigenvalue weighted by atomic mass is 9.78. The maximum absolute atomic E-state index is 12.2. The Morgan fingerprint density at radius 2 is 1.09 bits per heavy atom. The number of ketones is 2. The highest BCUT2D eigenvalue weighted by atomic mass is 16.7. The number of ether oxygens (including phenoxy) is 4. The van der Waals surface area contributed by atoms with Gasteiger partial charge in [-0.25, -0.2) is 4.79 Å². The first kappa shape index (κ1) is 64.3. The van der Waals surface area contributed by atoms with Gasteiger partial charge in [0.25, 0.3) is 11.8 Å². The van der Waals surface area contributed by atoms with Crippen molar-refractivity contribution in [1.29, 1.82) is 0 Å². The first-order chi connectivity index (χ1) is 33.2. The van der Waals surface area contributed by atoms with Gasteiger partial charge in [0.05, 0.1) is 25.7 Å². The summed E-state index contributed by atoms with van der Waals surface area (Å²) >= 11 is 0. The van der Waals surface area contributed by atoms with Crippen molar-refractivity contribution in [2.75, 3.05) is 33.0 Å². The molecule has 1 saturated heterocycles. The topological polar surface area (TPSA) is 198 Å². The highest BCUT2D eigenvalue weighted by Gasteiger charge is 2.33. The molecule has 0 aromatic heterocycles. The molecule has 1 atom stereocenters. The lowest BCUT2D eigenvalue weighted by Gasteiger charge is -2.26. The molecule has 0 unspecified atom stereocenters. The molecule has 2 aliphatic rings. The number of hydrogen-bond acceptors (Lipinski definition) is 13. The molecule has 1 saturated carbocycles. The van der Waals surface area contributed by atoms with E-state index in [1.807, 2.05) is 27.7 Å². The van der Waals surface area contributed by atoms with E-state index in [-0.39, 0.29) is 68.4 Å². The van der Waals surface area contributed by atoms with E-state index in [1.54, 1.807) is 27.7 Å². The summed E-state index contributed by atoms with van der Waals surface area (Å²) < 4.78 is 21.1. The van der Waals surface area contributed by atoms with Gasteiger partial charge in [0.1, 0.15) is 29.4 Å². The predicted octanol–water partition coefficient (Wildman–Crippen LogP) is 11.0. The standard InChI is InChI=1S/C34H62O4.C21H34N2O9/c1-29(35)31-26-23-30(24-27-31)25-28-32(36)21-19-17-15-13-11-9-7-5-6-8-10-12-14-16-18-20-22-33(37)38-34(2,3)4;1-5-15(20(28)31-21(2,3)4)6-7-16(24)22-10-11-29-12-13-30-14-19(27)32-23-17(25)8-9-18(23)26/h30-31H,5-28H2,1-4H3;15H,5-14H2,1-4H3,(H,22,24)/t;15-/m.0/s1. The van der Waals surface area contributed by atoms with Crippen LogP contribution in [0.5, 0.6) is 0 Å². The van der Waals surface area contributed by atoms with Gasteiger partial charge >= 0.3 is 17.9 Å². The van der Waals surface area contributed by atoms with Crippen molar-refractivity contribution in [2.45, 2.75) is 253 Å². The first-order valence-electron chi connectivity index (χ1n) is 27.2. The molecule has 1 aliphatic carbocycles. The number of hydroxylamine groups is 2. The fraction of sp³-hybridized carbons (Fsp3) is 0.855. The van der Waals surface area contributed by atoms with Gasteiger partial charge < -0.3 is 29.1 Å². The molecule has 2 rings (SSSR count). The third-order valence-corrected chi connectivity index (χ3v) is 12.6. The van der Waals surface area contributed by atoms with E-state index < -0.39 is 30.0 Å². The molecular weight excluding hydrogens is 897 g/mol. The predicted molar refractivity (Wildman–Crippen MR) is 270 cm³/mol. The maximum Gasteiger partial charge on any atom is 0.358 e. The van der Waals surface area contributed by atoms with E-state index in [1.165, 1.54) is 83.5 Å². The van der Waals surface area contributed by atoms with Crippen molar-refractivity contribution >= 4 is 47.2 Å². The average molecular weight is 993 g/mol. The smallest absolute Gasteiger partial charge is 0.358 e. The molecule has 0 bridgehead atoms. The van der Waals surface area contributed by atoms with Crippen LogP contribution in [0.2, 0.25) is 0 Å². The van der Waals surface area contributed by atoms with Crippen molar-refractivity contribution in [2.24, 2.45) is 17.8 Å². The summed E-state index contributed by atoms with van der Waals surface area (Å²) in [5.74, 6) is -1.04. The van der Waals surface area contributed by atoms with Gasteiger partial charge in [-0.2, -0.15) is 0 Å². The van der Waals surface area contributed by atoms with Crippen LogP contribution in [0.3, 0.4) is 0 Å². The van der Waals surface area contributed by atoms with Crippen LogP contribution < -0.4 is 5.32 Å². The number of carbonyl (C=O) groups is 8. The number of nitrogens with one attached hydrogen (secondary N) is 1. The number of unbranched alkanes of at least 4 members (excludes halogenated alkanes) is 15. The molecule has 2 fully saturated rings. The van der Waals surface area contributed by atoms with E-state index in [0.29, 0.717) is 54.3 Å². The number of esters is 2. The highest BCUT2D eigenvalue weighted by molar-refractivity contribution is 6.01. The Morgan fingerprint density at radius 1 is 0.600 bits per heavy atom. The number of carbonyl (C=O) groups excluding carboxylic acids is 8. The molecule has 404 valence electrons. The summed E-state index contributed by atoms with van der Waals surface area (Å²) in [5.41, 5.74) is -0.917. The molecule has 0 aromatic rings. The van der Waals surface area contributed by atoms with E-state index >= 15 is 0 Å². The van der Waals surface area contributed by atoms with Crippen LogP contribution in [0.1, 0.15) is 242 Å². The Bertz CT molecular complexity index is 1510. The zero-order valence-corrected chi connectivity index (χ0v) is 45.0.